The Hall–Kier alpha value is -1.50. The second kappa shape index (κ2) is 7.38. The summed E-state index contributed by atoms with van der Waals surface area (Å²) in [5.41, 5.74) is 0.658. The molecule has 2 fully saturated rings. The first kappa shape index (κ1) is 16.4. The predicted molar refractivity (Wildman–Crippen MR) is 87.0 cm³/mol. The van der Waals surface area contributed by atoms with Crippen molar-refractivity contribution in [2.45, 2.75) is 19.1 Å². The number of methoxy groups -OCH3 is 1. The minimum absolute atomic E-state index is 0.0967. The van der Waals surface area contributed by atoms with E-state index in [-0.39, 0.29) is 12.3 Å². The van der Waals surface area contributed by atoms with Crippen LogP contribution in [0.15, 0.2) is 18.2 Å². The van der Waals surface area contributed by atoms with Gasteiger partial charge in [-0.15, -0.1) is 0 Å². The summed E-state index contributed by atoms with van der Waals surface area (Å²) in [5, 5.41) is 3.34. The molecule has 126 valence electrons. The van der Waals surface area contributed by atoms with Gasteiger partial charge >= 0.3 is 6.03 Å². The Morgan fingerprint density at radius 1 is 1.30 bits per heavy atom. The van der Waals surface area contributed by atoms with E-state index in [1.54, 1.807) is 25.3 Å². The van der Waals surface area contributed by atoms with E-state index in [0.717, 1.165) is 12.8 Å². The van der Waals surface area contributed by atoms with Gasteiger partial charge in [-0.1, -0.05) is 11.6 Å². The van der Waals surface area contributed by atoms with Crippen molar-refractivity contribution in [1.29, 1.82) is 0 Å². The average Bonchev–Trinajstić information content (AvgIpc) is 3.09. The molecule has 1 aromatic carbocycles. The van der Waals surface area contributed by atoms with Gasteiger partial charge < -0.3 is 24.4 Å². The number of piperidine rings is 1. The molecule has 0 bridgehead atoms. The molecule has 3 rings (SSSR count). The molecule has 1 N–H and O–H groups in total. The summed E-state index contributed by atoms with van der Waals surface area (Å²) in [4.78, 5) is 14.1. The Morgan fingerprint density at radius 3 is 2.61 bits per heavy atom. The van der Waals surface area contributed by atoms with Crippen molar-refractivity contribution < 1.29 is 19.0 Å². The fourth-order valence-electron chi connectivity index (χ4n) is 2.97. The molecule has 2 aliphatic rings. The van der Waals surface area contributed by atoms with Crippen LogP contribution in [-0.4, -0.2) is 50.6 Å². The summed E-state index contributed by atoms with van der Waals surface area (Å²) in [6.07, 6.45) is 1.68. The Kier molecular flexibility index (Phi) is 5.25. The third kappa shape index (κ3) is 3.88. The van der Waals surface area contributed by atoms with Crippen molar-refractivity contribution in [3.63, 3.8) is 0 Å². The number of rotatable bonds is 3. The van der Waals surface area contributed by atoms with Gasteiger partial charge in [0.15, 0.2) is 6.29 Å². The van der Waals surface area contributed by atoms with Gasteiger partial charge in [-0.3, -0.25) is 0 Å². The van der Waals surface area contributed by atoms with E-state index in [0.29, 0.717) is 48.7 Å². The van der Waals surface area contributed by atoms with Crippen LogP contribution in [0.5, 0.6) is 5.75 Å². The Balaban J connectivity index is 1.52. The fourth-order valence-corrected chi connectivity index (χ4v) is 3.23. The Bertz CT molecular complexity index is 555. The molecule has 2 saturated heterocycles. The maximum Gasteiger partial charge on any atom is 0.321 e. The van der Waals surface area contributed by atoms with Crippen LogP contribution in [0.3, 0.4) is 0 Å². The number of urea groups is 1. The van der Waals surface area contributed by atoms with Crippen molar-refractivity contribution in [2.24, 2.45) is 5.92 Å². The van der Waals surface area contributed by atoms with E-state index in [1.165, 1.54) is 0 Å². The molecule has 0 aromatic heterocycles. The highest BCUT2D eigenvalue weighted by Crippen LogP contribution is 2.28. The van der Waals surface area contributed by atoms with Crippen LogP contribution >= 0.6 is 11.6 Å². The van der Waals surface area contributed by atoms with Gasteiger partial charge in [-0.2, -0.15) is 0 Å². The van der Waals surface area contributed by atoms with Gasteiger partial charge in [0.1, 0.15) is 5.75 Å². The maximum atomic E-state index is 12.3. The number of nitrogens with one attached hydrogen (secondary N) is 1. The maximum absolute atomic E-state index is 12.3. The number of nitrogens with zero attached hydrogens (tertiary/aromatic N) is 1. The first-order chi connectivity index (χ1) is 11.2. The summed E-state index contributed by atoms with van der Waals surface area (Å²) in [6.45, 7) is 2.74. The second-order valence-corrected chi connectivity index (χ2v) is 6.12. The van der Waals surface area contributed by atoms with Crippen molar-refractivity contribution >= 4 is 23.3 Å². The number of likely N-dealkylation sites (tertiary alicyclic amines) is 1. The summed E-state index contributed by atoms with van der Waals surface area (Å²) in [7, 11) is 1.56. The van der Waals surface area contributed by atoms with Crippen molar-refractivity contribution in [1.82, 2.24) is 4.90 Å². The van der Waals surface area contributed by atoms with E-state index in [9.17, 15) is 4.79 Å². The molecule has 2 heterocycles. The lowest BCUT2D eigenvalue weighted by atomic mass is 9.96. The zero-order chi connectivity index (χ0) is 16.2. The highest BCUT2D eigenvalue weighted by molar-refractivity contribution is 6.32. The van der Waals surface area contributed by atoms with Gasteiger partial charge in [0.05, 0.1) is 25.3 Å². The molecule has 0 atom stereocenters. The molecular weight excluding hydrogens is 320 g/mol. The smallest absolute Gasteiger partial charge is 0.321 e. The molecule has 2 amide bonds. The lowest BCUT2D eigenvalue weighted by Crippen LogP contribution is -2.43. The molecule has 6 nitrogen and oxygen atoms in total. The molecule has 2 aliphatic heterocycles. The molecule has 0 spiro atoms. The average molecular weight is 341 g/mol. The number of anilines is 1. The van der Waals surface area contributed by atoms with E-state index in [4.69, 9.17) is 25.8 Å². The standard InChI is InChI=1S/C16H21ClN2O4/c1-21-14-3-2-12(10-13(14)17)18-16(20)19-6-4-11(5-7-19)15-22-8-9-23-15/h2-3,10-11,15H,4-9H2,1H3,(H,18,20). The van der Waals surface area contributed by atoms with Crippen molar-refractivity contribution in [3.8, 4) is 5.75 Å². The van der Waals surface area contributed by atoms with E-state index in [1.807, 2.05) is 4.90 Å². The van der Waals surface area contributed by atoms with Crippen LogP contribution in [0.2, 0.25) is 5.02 Å². The van der Waals surface area contributed by atoms with Crippen LogP contribution in [0.4, 0.5) is 10.5 Å². The number of carbonyl (C=O) groups is 1. The fraction of sp³-hybridized carbons (Fsp3) is 0.562. The molecule has 23 heavy (non-hydrogen) atoms. The molecular formula is C16H21ClN2O4. The van der Waals surface area contributed by atoms with Crippen LogP contribution in [0, 0.1) is 5.92 Å². The lowest BCUT2D eigenvalue weighted by Gasteiger charge is -2.33. The third-order valence-corrected chi connectivity index (χ3v) is 4.56. The third-order valence-electron chi connectivity index (χ3n) is 4.26. The monoisotopic (exact) mass is 340 g/mol. The summed E-state index contributed by atoms with van der Waals surface area (Å²) in [6, 6.07) is 5.08. The van der Waals surface area contributed by atoms with Crippen LogP contribution in [0.25, 0.3) is 0 Å². The first-order valence-electron chi connectivity index (χ1n) is 7.80. The minimum Gasteiger partial charge on any atom is -0.495 e. The number of carbonyl (C=O) groups excluding carboxylic acids is 1. The molecule has 0 radical (unpaired) electrons. The predicted octanol–water partition coefficient (Wildman–Crippen LogP) is 2.97. The summed E-state index contributed by atoms with van der Waals surface area (Å²) >= 11 is 6.07. The topological polar surface area (TPSA) is 60.0 Å². The number of amides is 2. The highest BCUT2D eigenvalue weighted by Gasteiger charge is 2.31. The molecule has 0 aliphatic carbocycles. The van der Waals surface area contributed by atoms with Gasteiger partial charge in [0.25, 0.3) is 0 Å². The number of halogens is 1. The Labute approximate surface area is 140 Å². The quantitative estimate of drug-likeness (QED) is 0.919. The normalized spacial score (nSPS) is 19.8. The molecule has 0 saturated carbocycles. The van der Waals surface area contributed by atoms with Gasteiger partial charge in [0.2, 0.25) is 0 Å². The number of ether oxygens (including phenoxy) is 3. The van der Waals surface area contributed by atoms with Crippen molar-refractivity contribution in [2.75, 3.05) is 38.7 Å². The van der Waals surface area contributed by atoms with Crippen LogP contribution in [0.1, 0.15) is 12.8 Å². The zero-order valence-corrected chi connectivity index (χ0v) is 13.8. The highest BCUT2D eigenvalue weighted by atomic mass is 35.5. The summed E-state index contributed by atoms with van der Waals surface area (Å²) in [5.74, 6) is 0.957. The Morgan fingerprint density at radius 2 is 2.00 bits per heavy atom. The van der Waals surface area contributed by atoms with E-state index in [2.05, 4.69) is 5.32 Å². The number of hydrogen-bond acceptors (Lipinski definition) is 4. The van der Waals surface area contributed by atoms with Gasteiger partial charge in [-0.25, -0.2) is 4.79 Å². The van der Waals surface area contributed by atoms with Crippen LogP contribution in [-0.2, 0) is 9.47 Å². The van der Waals surface area contributed by atoms with Gasteiger partial charge in [0, 0.05) is 24.7 Å². The molecule has 7 heteroatoms. The minimum atomic E-state index is -0.113. The first-order valence-corrected chi connectivity index (χ1v) is 8.18. The van der Waals surface area contributed by atoms with Crippen LogP contribution < -0.4 is 10.1 Å². The van der Waals surface area contributed by atoms with E-state index < -0.39 is 0 Å². The molecule has 1 aromatic rings. The zero-order valence-electron chi connectivity index (χ0n) is 13.1. The SMILES string of the molecule is COc1ccc(NC(=O)N2CCC(C3OCCO3)CC2)cc1Cl. The number of hydrogen-bond donors (Lipinski definition) is 1. The number of benzene rings is 1. The second-order valence-electron chi connectivity index (χ2n) is 5.71. The summed E-state index contributed by atoms with van der Waals surface area (Å²) < 4.78 is 16.2. The molecule has 0 unspecified atom stereocenters. The largest absolute Gasteiger partial charge is 0.495 e. The van der Waals surface area contributed by atoms with E-state index >= 15 is 0 Å². The van der Waals surface area contributed by atoms with Gasteiger partial charge in [-0.05, 0) is 31.0 Å². The van der Waals surface area contributed by atoms with Crippen molar-refractivity contribution in [3.05, 3.63) is 23.2 Å². The lowest BCUT2D eigenvalue weighted by molar-refractivity contribution is -0.0950.